The van der Waals surface area contributed by atoms with Crippen LogP contribution in [0.3, 0.4) is 0 Å². The molecule has 2 saturated heterocycles. The van der Waals surface area contributed by atoms with Crippen LogP contribution >= 0.6 is 0 Å². The summed E-state index contributed by atoms with van der Waals surface area (Å²) in [5, 5.41) is 10.0. The molecule has 2 fully saturated rings. The predicted octanol–water partition coefficient (Wildman–Crippen LogP) is 2.49. The van der Waals surface area contributed by atoms with E-state index in [-0.39, 0.29) is 12.0 Å². The van der Waals surface area contributed by atoms with Crippen molar-refractivity contribution in [1.29, 1.82) is 0 Å². The number of rotatable bonds is 5. The van der Waals surface area contributed by atoms with Crippen LogP contribution in [-0.2, 0) is 10.0 Å². The zero-order valence-corrected chi connectivity index (χ0v) is 16.7. The Balaban J connectivity index is 1.94. The van der Waals surface area contributed by atoms with Gasteiger partial charge in [0.05, 0.1) is 6.61 Å². The maximum atomic E-state index is 13.2. The number of hydrogen-bond acceptors (Lipinski definition) is 5. The number of piperidine rings is 2. The molecule has 1 aromatic heterocycles. The predicted molar refractivity (Wildman–Crippen MR) is 103 cm³/mol. The van der Waals surface area contributed by atoms with E-state index in [0.29, 0.717) is 36.3 Å². The van der Waals surface area contributed by atoms with Crippen LogP contribution in [0.4, 0.5) is 5.82 Å². The Bertz CT molecular complexity index is 716. The van der Waals surface area contributed by atoms with E-state index < -0.39 is 10.0 Å². The van der Waals surface area contributed by atoms with Gasteiger partial charge in [0.25, 0.3) is 0 Å². The van der Waals surface area contributed by atoms with E-state index in [1.807, 2.05) is 0 Å². The topological polar surface area (TPSA) is 73.7 Å². The summed E-state index contributed by atoms with van der Waals surface area (Å²) in [6.45, 7) is 6.95. The van der Waals surface area contributed by atoms with Gasteiger partial charge in [-0.15, -0.1) is 0 Å². The molecule has 1 aromatic rings. The van der Waals surface area contributed by atoms with Crippen LogP contribution in [0.1, 0.15) is 46.0 Å². The Hall–Kier alpha value is -1.18. The molecule has 0 spiro atoms. The number of aliphatic hydroxyl groups excluding tert-OH is 1. The molecule has 1 N–H and O–H groups in total. The molecule has 0 bridgehead atoms. The van der Waals surface area contributed by atoms with Gasteiger partial charge in [0, 0.05) is 37.8 Å². The molecule has 6 nitrogen and oxygen atoms in total. The zero-order chi connectivity index (χ0) is 18.8. The molecule has 0 saturated carbocycles. The number of sulfonamides is 1. The van der Waals surface area contributed by atoms with Gasteiger partial charge in [0.15, 0.2) is 0 Å². The molecule has 0 aromatic carbocycles. The van der Waals surface area contributed by atoms with Crippen molar-refractivity contribution in [2.24, 2.45) is 11.3 Å². The van der Waals surface area contributed by atoms with Crippen molar-refractivity contribution < 1.29 is 13.5 Å². The van der Waals surface area contributed by atoms with Crippen LogP contribution in [0.2, 0.25) is 0 Å². The van der Waals surface area contributed by atoms with E-state index in [9.17, 15) is 13.5 Å². The number of aromatic nitrogens is 1. The van der Waals surface area contributed by atoms with Crippen LogP contribution < -0.4 is 4.90 Å². The average molecular weight is 382 g/mol. The SMILES string of the molecule is CC(C)C1(CO)CCCN(c2ncccc2S(=O)(=O)N2CCCCC2)C1. The lowest BCUT2D eigenvalue weighted by Crippen LogP contribution is -2.49. The van der Waals surface area contributed by atoms with Gasteiger partial charge in [-0.1, -0.05) is 20.3 Å². The highest BCUT2D eigenvalue weighted by Gasteiger charge is 2.40. The molecule has 0 amide bonds. The smallest absolute Gasteiger partial charge is 0.246 e. The van der Waals surface area contributed by atoms with Gasteiger partial charge < -0.3 is 10.0 Å². The molecule has 2 aliphatic rings. The van der Waals surface area contributed by atoms with Gasteiger partial charge in [-0.2, -0.15) is 4.31 Å². The summed E-state index contributed by atoms with van der Waals surface area (Å²) in [6.07, 6.45) is 6.47. The van der Waals surface area contributed by atoms with E-state index in [1.54, 1.807) is 22.6 Å². The summed E-state index contributed by atoms with van der Waals surface area (Å²) in [5.41, 5.74) is -0.206. The Morgan fingerprint density at radius 1 is 1.19 bits per heavy atom. The molecule has 3 rings (SSSR count). The van der Waals surface area contributed by atoms with Crippen LogP contribution in [0, 0.1) is 11.3 Å². The molecule has 1 atom stereocenters. The van der Waals surface area contributed by atoms with Crippen molar-refractivity contribution in [3.63, 3.8) is 0 Å². The minimum absolute atomic E-state index is 0.113. The number of anilines is 1. The van der Waals surface area contributed by atoms with Crippen LogP contribution in [0.25, 0.3) is 0 Å². The Morgan fingerprint density at radius 3 is 2.58 bits per heavy atom. The lowest BCUT2D eigenvalue weighted by molar-refractivity contribution is 0.0597. The first-order valence-electron chi connectivity index (χ1n) is 9.72. The Kier molecular flexibility index (Phi) is 5.89. The van der Waals surface area contributed by atoms with E-state index in [1.165, 1.54) is 0 Å². The monoisotopic (exact) mass is 381 g/mol. The van der Waals surface area contributed by atoms with Gasteiger partial charge in [0.1, 0.15) is 10.7 Å². The van der Waals surface area contributed by atoms with E-state index in [4.69, 9.17) is 0 Å². The molecule has 2 aliphatic heterocycles. The van der Waals surface area contributed by atoms with Crippen molar-refractivity contribution in [2.75, 3.05) is 37.7 Å². The van der Waals surface area contributed by atoms with E-state index in [2.05, 4.69) is 23.7 Å². The minimum Gasteiger partial charge on any atom is -0.396 e. The fraction of sp³-hybridized carbons (Fsp3) is 0.737. The van der Waals surface area contributed by atoms with Crippen LogP contribution in [0.15, 0.2) is 23.2 Å². The van der Waals surface area contributed by atoms with Crippen LogP contribution in [-0.4, -0.2) is 55.6 Å². The third kappa shape index (κ3) is 3.62. The number of pyridine rings is 1. The molecule has 7 heteroatoms. The fourth-order valence-electron chi connectivity index (χ4n) is 4.19. The Labute approximate surface area is 157 Å². The number of nitrogens with zero attached hydrogens (tertiary/aromatic N) is 3. The molecular formula is C19H31N3O3S. The first-order chi connectivity index (χ1) is 12.4. The molecule has 26 heavy (non-hydrogen) atoms. The maximum absolute atomic E-state index is 13.2. The van der Waals surface area contributed by atoms with Crippen molar-refractivity contribution >= 4 is 15.8 Å². The average Bonchev–Trinajstić information content (AvgIpc) is 2.68. The number of hydrogen-bond donors (Lipinski definition) is 1. The molecule has 3 heterocycles. The largest absolute Gasteiger partial charge is 0.396 e. The Morgan fingerprint density at radius 2 is 1.92 bits per heavy atom. The summed E-state index contributed by atoms with van der Waals surface area (Å²) in [4.78, 5) is 6.83. The maximum Gasteiger partial charge on any atom is 0.246 e. The van der Waals surface area contributed by atoms with Crippen molar-refractivity contribution in [3.05, 3.63) is 18.3 Å². The summed E-state index contributed by atoms with van der Waals surface area (Å²) in [5.74, 6) is 0.859. The van der Waals surface area contributed by atoms with Gasteiger partial charge in [0.2, 0.25) is 10.0 Å². The second kappa shape index (κ2) is 7.82. The second-order valence-electron chi connectivity index (χ2n) is 7.99. The highest BCUT2D eigenvalue weighted by atomic mass is 32.2. The van der Waals surface area contributed by atoms with Gasteiger partial charge in [-0.3, -0.25) is 0 Å². The zero-order valence-electron chi connectivity index (χ0n) is 15.9. The molecule has 0 radical (unpaired) electrons. The van der Waals surface area contributed by atoms with Crippen molar-refractivity contribution in [3.8, 4) is 0 Å². The molecule has 146 valence electrons. The first kappa shape index (κ1) is 19.6. The third-order valence-electron chi connectivity index (χ3n) is 6.13. The van der Waals surface area contributed by atoms with Gasteiger partial charge in [-0.25, -0.2) is 13.4 Å². The van der Waals surface area contributed by atoms with E-state index in [0.717, 1.165) is 38.6 Å². The highest BCUT2D eigenvalue weighted by Crippen LogP contribution is 2.39. The quantitative estimate of drug-likeness (QED) is 0.848. The first-order valence-corrected chi connectivity index (χ1v) is 11.2. The lowest BCUT2D eigenvalue weighted by Gasteiger charge is -2.45. The molecule has 0 aliphatic carbocycles. The molecular weight excluding hydrogens is 350 g/mol. The lowest BCUT2D eigenvalue weighted by atomic mass is 9.72. The van der Waals surface area contributed by atoms with Gasteiger partial charge in [-0.05, 0) is 43.7 Å². The summed E-state index contributed by atoms with van der Waals surface area (Å²) < 4.78 is 28.1. The second-order valence-corrected chi connectivity index (χ2v) is 9.90. The summed E-state index contributed by atoms with van der Waals surface area (Å²) in [6, 6.07) is 3.38. The fourth-order valence-corrected chi connectivity index (χ4v) is 5.87. The normalized spacial score (nSPS) is 25.6. The third-order valence-corrected chi connectivity index (χ3v) is 8.05. The molecule has 1 unspecified atom stereocenters. The minimum atomic E-state index is -3.54. The summed E-state index contributed by atoms with van der Waals surface area (Å²) in [7, 11) is -3.54. The standard InChI is InChI=1S/C19H31N3O3S/c1-16(2)19(15-23)9-7-11-21(14-19)18-17(8-6-10-20-18)26(24,25)22-12-4-3-5-13-22/h6,8,10,16,23H,3-5,7,9,11-15H2,1-2H3. The van der Waals surface area contributed by atoms with Gasteiger partial charge >= 0.3 is 0 Å². The van der Waals surface area contributed by atoms with E-state index >= 15 is 0 Å². The highest BCUT2D eigenvalue weighted by molar-refractivity contribution is 7.89. The van der Waals surface area contributed by atoms with Crippen molar-refractivity contribution in [2.45, 2.75) is 50.8 Å². The van der Waals surface area contributed by atoms with Crippen molar-refractivity contribution in [1.82, 2.24) is 9.29 Å². The number of aliphatic hydroxyl groups is 1. The van der Waals surface area contributed by atoms with Crippen LogP contribution in [0.5, 0.6) is 0 Å². The summed E-state index contributed by atoms with van der Waals surface area (Å²) >= 11 is 0.